The lowest BCUT2D eigenvalue weighted by atomic mass is 10.4. The third-order valence-electron chi connectivity index (χ3n) is 2.11. The van der Waals surface area contributed by atoms with Crippen molar-refractivity contribution < 1.29 is 4.79 Å². The van der Waals surface area contributed by atoms with Crippen molar-refractivity contribution in [3.63, 3.8) is 0 Å². The van der Waals surface area contributed by atoms with E-state index in [1.807, 2.05) is 20.8 Å². The minimum absolute atomic E-state index is 0.0950. The van der Waals surface area contributed by atoms with Crippen LogP contribution in [-0.2, 0) is 0 Å². The van der Waals surface area contributed by atoms with Crippen molar-refractivity contribution in [1.82, 2.24) is 15.1 Å². The van der Waals surface area contributed by atoms with Gasteiger partial charge in [0.2, 0.25) is 0 Å². The first-order chi connectivity index (χ1) is 6.69. The monoisotopic (exact) mass is 196 g/mol. The number of nitrogens with one attached hydrogen (secondary N) is 2. The van der Waals surface area contributed by atoms with E-state index >= 15 is 0 Å². The highest BCUT2D eigenvalue weighted by Gasteiger charge is 2.10. The Hall–Kier alpha value is -1.52. The third kappa shape index (κ3) is 2.25. The maximum atomic E-state index is 11.6. The van der Waals surface area contributed by atoms with Gasteiger partial charge in [-0.3, -0.25) is 10.4 Å². The van der Waals surface area contributed by atoms with Crippen molar-refractivity contribution in [1.29, 1.82) is 0 Å². The predicted molar refractivity (Wildman–Crippen MR) is 55.3 cm³/mol. The molecule has 1 aromatic heterocycles. The number of hydrogen-bond donors (Lipinski definition) is 2. The number of rotatable bonds is 3. The SMILES string of the molecule is CCN(CC)C(=O)Nc1[nH]ncc1C. The molecular formula is C9H16N4O. The van der Waals surface area contributed by atoms with Gasteiger partial charge in [0.1, 0.15) is 5.82 Å². The maximum Gasteiger partial charge on any atom is 0.322 e. The molecule has 0 aliphatic carbocycles. The van der Waals surface area contributed by atoms with Gasteiger partial charge in [0.05, 0.1) is 6.20 Å². The van der Waals surface area contributed by atoms with Crippen LogP contribution in [0.25, 0.3) is 0 Å². The Kier molecular flexibility index (Phi) is 3.50. The first-order valence-electron chi connectivity index (χ1n) is 4.74. The van der Waals surface area contributed by atoms with Crippen LogP contribution in [0.3, 0.4) is 0 Å². The fourth-order valence-electron chi connectivity index (χ4n) is 1.17. The summed E-state index contributed by atoms with van der Waals surface area (Å²) < 4.78 is 0. The second-order valence-electron chi connectivity index (χ2n) is 3.03. The molecule has 0 bridgehead atoms. The van der Waals surface area contributed by atoms with Crippen molar-refractivity contribution in [3.05, 3.63) is 11.8 Å². The fraction of sp³-hybridized carbons (Fsp3) is 0.556. The Morgan fingerprint density at radius 2 is 2.21 bits per heavy atom. The topological polar surface area (TPSA) is 61.0 Å². The van der Waals surface area contributed by atoms with E-state index in [0.29, 0.717) is 18.9 Å². The van der Waals surface area contributed by atoms with E-state index in [1.165, 1.54) is 0 Å². The van der Waals surface area contributed by atoms with E-state index in [2.05, 4.69) is 15.5 Å². The molecule has 0 atom stereocenters. The van der Waals surface area contributed by atoms with Gasteiger partial charge in [-0.25, -0.2) is 4.79 Å². The summed E-state index contributed by atoms with van der Waals surface area (Å²) in [5, 5.41) is 9.32. The molecule has 0 unspecified atom stereocenters. The number of amides is 2. The standard InChI is InChI=1S/C9H16N4O/c1-4-13(5-2)9(14)11-8-7(3)6-10-12-8/h6H,4-5H2,1-3H3,(H2,10,11,12,14). The molecule has 2 N–H and O–H groups in total. The number of anilines is 1. The lowest BCUT2D eigenvalue weighted by molar-refractivity contribution is 0.217. The quantitative estimate of drug-likeness (QED) is 0.771. The molecular weight excluding hydrogens is 180 g/mol. The molecule has 14 heavy (non-hydrogen) atoms. The smallest absolute Gasteiger partial charge is 0.322 e. The van der Waals surface area contributed by atoms with Crippen LogP contribution in [0, 0.1) is 6.92 Å². The molecule has 1 heterocycles. The number of carbonyl (C=O) groups excluding carboxylic acids is 1. The van der Waals surface area contributed by atoms with Crippen LogP contribution in [0.5, 0.6) is 0 Å². The molecule has 5 heteroatoms. The van der Waals surface area contributed by atoms with Crippen molar-refractivity contribution in [3.8, 4) is 0 Å². The van der Waals surface area contributed by atoms with Crippen LogP contribution in [0.4, 0.5) is 10.6 Å². The number of urea groups is 1. The van der Waals surface area contributed by atoms with E-state index < -0.39 is 0 Å². The van der Waals surface area contributed by atoms with E-state index in [0.717, 1.165) is 5.56 Å². The van der Waals surface area contributed by atoms with Crippen LogP contribution >= 0.6 is 0 Å². The predicted octanol–water partition coefficient (Wildman–Crippen LogP) is 1.59. The fourth-order valence-corrected chi connectivity index (χ4v) is 1.17. The van der Waals surface area contributed by atoms with Crippen LogP contribution < -0.4 is 5.32 Å². The summed E-state index contributed by atoms with van der Waals surface area (Å²) >= 11 is 0. The number of carbonyl (C=O) groups is 1. The Morgan fingerprint density at radius 3 is 2.64 bits per heavy atom. The molecule has 0 saturated carbocycles. The Bertz CT molecular complexity index is 304. The molecule has 0 saturated heterocycles. The molecule has 5 nitrogen and oxygen atoms in total. The van der Waals surface area contributed by atoms with Crippen LogP contribution in [-0.4, -0.2) is 34.2 Å². The molecule has 1 aromatic rings. The summed E-state index contributed by atoms with van der Waals surface area (Å²) in [6.07, 6.45) is 1.68. The van der Waals surface area contributed by atoms with Crippen molar-refractivity contribution in [2.24, 2.45) is 0 Å². The summed E-state index contributed by atoms with van der Waals surface area (Å²) in [7, 11) is 0. The second-order valence-corrected chi connectivity index (χ2v) is 3.03. The second kappa shape index (κ2) is 4.64. The van der Waals surface area contributed by atoms with Crippen LogP contribution in [0.15, 0.2) is 6.20 Å². The van der Waals surface area contributed by atoms with E-state index in [-0.39, 0.29) is 6.03 Å². The summed E-state index contributed by atoms with van der Waals surface area (Å²) in [5.74, 6) is 0.668. The zero-order chi connectivity index (χ0) is 10.6. The summed E-state index contributed by atoms with van der Waals surface area (Å²) in [5.41, 5.74) is 0.936. The highest BCUT2D eigenvalue weighted by molar-refractivity contribution is 5.88. The highest BCUT2D eigenvalue weighted by atomic mass is 16.2. The Balaban J connectivity index is 2.61. The van der Waals surface area contributed by atoms with Crippen LogP contribution in [0.2, 0.25) is 0 Å². The molecule has 0 aliphatic heterocycles. The lowest BCUT2D eigenvalue weighted by Gasteiger charge is -2.18. The molecule has 0 fully saturated rings. The van der Waals surface area contributed by atoms with Crippen molar-refractivity contribution in [2.75, 3.05) is 18.4 Å². The summed E-state index contributed by atoms with van der Waals surface area (Å²) in [6.45, 7) is 7.19. The number of aromatic nitrogens is 2. The van der Waals surface area contributed by atoms with Gasteiger partial charge in [-0.15, -0.1) is 0 Å². The average molecular weight is 196 g/mol. The van der Waals surface area contributed by atoms with Gasteiger partial charge in [-0.2, -0.15) is 5.10 Å². The van der Waals surface area contributed by atoms with Crippen molar-refractivity contribution in [2.45, 2.75) is 20.8 Å². The maximum absolute atomic E-state index is 11.6. The molecule has 0 spiro atoms. The van der Waals surface area contributed by atoms with Gasteiger partial charge in [-0.05, 0) is 20.8 Å². The normalized spacial score (nSPS) is 9.93. The third-order valence-corrected chi connectivity index (χ3v) is 2.11. The minimum atomic E-state index is -0.0950. The van der Waals surface area contributed by atoms with Gasteiger partial charge < -0.3 is 4.90 Å². The zero-order valence-corrected chi connectivity index (χ0v) is 8.79. The van der Waals surface area contributed by atoms with E-state index in [1.54, 1.807) is 11.1 Å². The van der Waals surface area contributed by atoms with Crippen LogP contribution in [0.1, 0.15) is 19.4 Å². The number of H-pyrrole nitrogens is 1. The van der Waals surface area contributed by atoms with E-state index in [9.17, 15) is 4.79 Å². The molecule has 0 radical (unpaired) electrons. The molecule has 78 valence electrons. The van der Waals surface area contributed by atoms with Crippen molar-refractivity contribution >= 4 is 11.8 Å². The number of nitrogens with zero attached hydrogens (tertiary/aromatic N) is 2. The van der Waals surface area contributed by atoms with E-state index in [4.69, 9.17) is 0 Å². The molecule has 0 aliphatic rings. The Morgan fingerprint density at radius 1 is 1.57 bits per heavy atom. The van der Waals surface area contributed by atoms with Gasteiger partial charge in [0.25, 0.3) is 0 Å². The van der Waals surface area contributed by atoms with Gasteiger partial charge in [0.15, 0.2) is 0 Å². The molecule has 1 rings (SSSR count). The first-order valence-corrected chi connectivity index (χ1v) is 4.74. The molecule has 0 aromatic carbocycles. The largest absolute Gasteiger partial charge is 0.325 e. The zero-order valence-electron chi connectivity index (χ0n) is 8.79. The number of aryl methyl sites for hydroxylation is 1. The molecule has 2 amide bonds. The lowest BCUT2D eigenvalue weighted by Crippen LogP contribution is -2.34. The van der Waals surface area contributed by atoms with Gasteiger partial charge >= 0.3 is 6.03 Å². The number of hydrogen-bond acceptors (Lipinski definition) is 2. The Labute approximate surface area is 83.5 Å². The van der Waals surface area contributed by atoms with Gasteiger partial charge in [-0.1, -0.05) is 0 Å². The first kappa shape index (κ1) is 10.6. The van der Waals surface area contributed by atoms with Gasteiger partial charge in [0, 0.05) is 18.7 Å². The highest BCUT2D eigenvalue weighted by Crippen LogP contribution is 2.09. The number of aromatic amines is 1. The minimum Gasteiger partial charge on any atom is -0.325 e. The summed E-state index contributed by atoms with van der Waals surface area (Å²) in [6, 6.07) is -0.0950. The summed E-state index contributed by atoms with van der Waals surface area (Å²) in [4.78, 5) is 13.3. The average Bonchev–Trinajstić information content (AvgIpc) is 2.54.